The Morgan fingerprint density at radius 2 is 1.72 bits per heavy atom. The van der Waals surface area contributed by atoms with Crippen LogP contribution in [0, 0.1) is 16.0 Å². The van der Waals surface area contributed by atoms with Crippen molar-refractivity contribution in [1.82, 2.24) is 0 Å². The molecule has 1 heterocycles. The van der Waals surface area contributed by atoms with Crippen molar-refractivity contribution in [2.24, 2.45) is 10.9 Å². The normalized spacial score (nSPS) is 20.7. The van der Waals surface area contributed by atoms with E-state index in [1.807, 2.05) is 42.5 Å². The molecule has 0 N–H and O–H groups in total. The minimum Gasteiger partial charge on any atom is -0.465 e. The van der Waals surface area contributed by atoms with Gasteiger partial charge >= 0.3 is 5.97 Å². The maximum absolute atomic E-state index is 13.7. The number of hydrogen-bond donors (Lipinski definition) is 0. The summed E-state index contributed by atoms with van der Waals surface area (Å²) in [5.41, 5.74) is 3.58. The largest absolute Gasteiger partial charge is 0.465 e. The quantitative estimate of drug-likeness (QED) is 0.190. The van der Waals surface area contributed by atoms with Gasteiger partial charge in [-0.2, -0.15) is 0 Å². The van der Waals surface area contributed by atoms with E-state index in [2.05, 4.69) is 0 Å². The van der Waals surface area contributed by atoms with Gasteiger partial charge in [-0.15, -0.1) is 0 Å². The van der Waals surface area contributed by atoms with Crippen LogP contribution >= 0.6 is 11.6 Å². The molecule has 0 amide bonds. The van der Waals surface area contributed by atoms with Crippen LogP contribution in [0.5, 0.6) is 0 Å². The number of nitro groups is 1. The van der Waals surface area contributed by atoms with Gasteiger partial charge in [0.2, 0.25) is 0 Å². The summed E-state index contributed by atoms with van der Waals surface area (Å²) in [5, 5.41) is 12.6. The van der Waals surface area contributed by atoms with Crippen LogP contribution < -0.4 is 0 Å². The van der Waals surface area contributed by atoms with Crippen molar-refractivity contribution in [3.8, 4) is 0 Å². The molecule has 8 heteroatoms. The second kappa shape index (κ2) is 11.3. The molecule has 0 spiro atoms. The lowest BCUT2D eigenvalue weighted by Gasteiger charge is -2.36. The molecule has 0 aromatic heterocycles. The zero-order valence-corrected chi connectivity index (χ0v) is 22.1. The topological polar surface area (TPSA) is 98.9 Å². The second-order valence-electron chi connectivity index (χ2n) is 9.87. The first-order valence-corrected chi connectivity index (χ1v) is 13.2. The standard InChI is InChI=1S/C31H27ClN2O5/c1-19-28(31(36)39-16-15-20-7-3-2-4-8-20)29(24-9-5-6-10-26(24)34(37)38)30-25(33-19)17-22(18-27(30)35)21-11-13-23(32)14-12-21/h2-14,22,28-29H,15-18H2,1H3/t22-,28?,29+/m0/s1. The molecule has 0 fully saturated rings. The lowest BCUT2D eigenvalue weighted by molar-refractivity contribution is -0.385. The van der Waals surface area contributed by atoms with Gasteiger partial charge in [0, 0.05) is 52.4 Å². The lowest BCUT2D eigenvalue weighted by atomic mass is 9.69. The summed E-state index contributed by atoms with van der Waals surface area (Å²) in [5.74, 6) is -2.63. The number of esters is 1. The fourth-order valence-corrected chi connectivity index (χ4v) is 5.72. The number of Topliss-reactive ketones (excluding diaryl/α,β-unsaturated/α-hetero) is 1. The highest BCUT2D eigenvalue weighted by atomic mass is 35.5. The fraction of sp³-hybridized carbons (Fsp3) is 0.258. The van der Waals surface area contributed by atoms with Gasteiger partial charge in [-0.1, -0.05) is 72.3 Å². The average Bonchev–Trinajstić information content (AvgIpc) is 2.93. The second-order valence-corrected chi connectivity index (χ2v) is 10.3. The molecule has 1 aliphatic carbocycles. The van der Waals surface area contributed by atoms with Gasteiger partial charge in [0.05, 0.1) is 11.5 Å². The summed E-state index contributed by atoms with van der Waals surface area (Å²) in [7, 11) is 0. The first-order valence-electron chi connectivity index (χ1n) is 12.8. The third-order valence-electron chi connectivity index (χ3n) is 7.43. The van der Waals surface area contributed by atoms with Crippen LogP contribution in [0.25, 0.3) is 0 Å². The number of benzene rings is 3. The Morgan fingerprint density at radius 3 is 2.44 bits per heavy atom. The van der Waals surface area contributed by atoms with Crippen LogP contribution in [0.2, 0.25) is 5.02 Å². The number of nitro benzene ring substituents is 1. The van der Waals surface area contributed by atoms with Crippen LogP contribution in [0.3, 0.4) is 0 Å². The molecule has 0 bridgehead atoms. The summed E-state index contributed by atoms with van der Waals surface area (Å²) in [6, 6.07) is 23.3. The predicted molar refractivity (Wildman–Crippen MR) is 149 cm³/mol. The van der Waals surface area contributed by atoms with E-state index in [0.717, 1.165) is 11.1 Å². The zero-order valence-electron chi connectivity index (χ0n) is 21.4. The number of para-hydroxylation sites is 1. The number of carbonyl (C=O) groups excluding carboxylic acids is 2. The number of hydrogen-bond acceptors (Lipinski definition) is 6. The highest BCUT2D eigenvalue weighted by Gasteiger charge is 2.46. The SMILES string of the molecule is CC1=NC2=C(C(=O)C[C@@H](c3ccc(Cl)cc3)C2)[C@H](c2ccccc2[N+](=O)[O-])C1C(=O)OCCc1ccccc1. The van der Waals surface area contributed by atoms with Crippen molar-refractivity contribution in [3.05, 3.63) is 122 Å². The molecule has 5 rings (SSSR count). The van der Waals surface area contributed by atoms with Crippen molar-refractivity contribution in [2.45, 2.75) is 38.0 Å². The third kappa shape index (κ3) is 5.54. The Bertz CT molecular complexity index is 1480. The van der Waals surface area contributed by atoms with E-state index in [0.29, 0.717) is 40.4 Å². The number of carbonyl (C=O) groups is 2. The van der Waals surface area contributed by atoms with Gasteiger partial charge in [0.15, 0.2) is 5.78 Å². The van der Waals surface area contributed by atoms with Crippen molar-refractivity contribution in [2.75, 3.05) is 6.61 Å². The van der Waals surface area contributed by atoms with Gasteiger partial charge in [0.1, 0.15) is 5.92 Å². The van der Waals surface area contributed by atoms with Crippen LogP contribution in [-0.2, 0) is 20.7 Å². The number of halogens is 1. The number of nitrogens with zero attached hydrogens (tertiary/aromatic N) is 2. The summed E-state index contributed by atoms with van der Waals surface area (Å²) >= 11 is 6.06. The maximum Gasteiger partial charge on any atom is 0.315 e. The van der Waals surface area contributed by atoms with Crippen molar-refractivity contribution in [1.29, 1.82) is 0 Å². The number of aliphatic imine (C=N–C) groups is 1. The van der Waals surface area contributed by atoms with Crippen LogP contribution in [0.15, 0.2) is 95.1 Å². The number of allylic oxidation sites excluding steroid dienone is 2. The Kier molecular flexibility index (Phi) is 7.70. The van der Waals surface area contributed by atoms with E-state index < -0.39 is 22.7 Å². The van der Waals surface area contributed by atoms with Gasteiger partial charge in [0.25, 0.3) is 5.69 Å². The van der Waals surface area contributed by atoms with Crippen molar-refractivity contribution in [3.63, 3.8) is 0 Å². The van der Waals surface area contributed by atoms with E-state index in [1.54, 1.807) is 37.3 Å². The third-order valence-corrected chi connectivity index (χ3v) is 7.68. The minimum atomic E-state index is -0.948. The Morgan fingerprint density at radius 1 is 1.03 bits per heavy atom. The summed E-state index contributed by atoms with van der Waals surface area (Å²) in [6.07, 6.45) is 1.22. The molecular weight excluding hydrogens is 516 g/mol. The molecule has 3 aromatic carbocycles. The van der Waals surface area contributed by atoms with Gasteiger partial charge < -0.3 is 4.74 Å². The molecule has 3 atom stereocenters. The number of ketones is 1. The van der Waals surface area contributed by atoms with E-state index >= 15 is 0 Å². The van der Waals surface area contributed by atoms with Crippen molar-refractivity contribution >= 4 is 34.8 Å². The molecule has 1 aliphatic heterocycles. The zero-order chi connectivity index (χ0) is 27.5. The summed E-state index contributed by atoms with van der Waals surface area (Å²) in [6.45, 7) is 1.87. The van der Waals surface area contributed by atoms with Crippen molar-refractivity contribution < 1.29 is 19.2 Å². The molecule has 7 nitrogen and oxygen atoms in total. The summed E-state index contributed by atoms with van der Waals surface area (Å²) in [4.78, 5) is 43.6. The van der Waals surface area contributed by atoms with E-state index in [-0.39, 0.29) is 30.4 Å². The molecule has 0 saturated heterocycles. The minimum absolute atomic E-state index is 0.106. The maximum atomic E-state index is 13.7. The molecule has 3 aromatic rings. The molecule has 1 unspecified atom stereocenters. The molecule has 2 aliphatic rings. The van der Waals surface area contributed by atoms with Gasteiger partial charge in [-0.25, -0.2) is 0 Å². The van der Waals surface area contributed by atoms with Crippen LogP contribution in [0.1, 0.15) is 48.3 Å². The lowest BCUT2D eigenvalue weighted by Crippen LogP contribution is -2.38. The Labute approximate surface area is 231 Å². The molecule has 0 radical (unpaired) electrons. The highest BCUT2D eigenvalue weighted by Crippen LogP contribution is 2.48. The average molecular weight is 543 g/mol. The number of ether oxygens (including phenoxy) is 1. The molecule has 0 saturated carbocycles. The van der Waals surface area contributed by atoms with E-state index in [4.69, 9.17) is 21.3 Å². The Balaban J connectivity index is 1.51. The van der Waals surface area contributed by atoms with Gasteiger partial charge in [-0.05, 0) is 42.5 Å². The molecular formula is C31H27ClN2O5. The smallest absolute Gasteiger partial charge is 0.315 e. The summed E-state index contributed by atoms with van der Waals surface area (Å²) < 4.78 is 5.69. The number of rotatable bonds is 7. The predicted octanol–water partition coefficient (Wildman–Crippen LogP) is 6.61. The fourth-order valence-electron chi connectivity index (χ4n) is 5.59. The molecule has 198 valence electrons. The monoisotopic (exact) mass is 542 g/mol. The first kappa shape index (κ1) is 26.5. The molecule has 39 heavy (non-hydrogen) atoms. The van der Waals surface area contributed by atoms with E-state index in [9.17, 15) is 19.7 Å². The Hall–Kier alpha value is -4.10. The highest BCUT2D eigenvalue weighted by molar-refractivity contribution is 6.30. The van der Waals surface area contributed by atoms with Gasteiger partial charge in [-0.3, -0.25) is 24.7 Å². The van der Waals surface area contributed by atoms with E-state index in [1.165, 1.54) is 6.07 Å². The van der Waals surface area contributed by atoms with Crippen LogP contribution in [-0.4, -0.2) is 29.0 Å². The first-order chi connectivity index (χ1) is 18.8. The van der Waals surface area contributed by atoms with Crippen LogP contribution in [0.4, 0.5) is 5.69 Å².